The van der Waals surface area contributed by atoms with E-state index in [1.807, 2.05) is 0 Å². The fraction of sp³-hybridized carbons (Fsp3) is 0.857. The first kappa shape index (κ1) is 21.0. The summed E-state index contributed by atoms with van der Waals surface area (Å²) in [4.78, 5) is 10.9. The van der Waals surface area contributed by atoms with Crippen molar-refractivity contribution >= 4 is 5.97 Å². The van der Waals surface area contributed by atoms with Gasteiger partial charge < -0.3 is 9.47 Å². The second-order valence-electron chi connectivity index (χ2n) is 6.77. The van der Waals surface area contributed by atoms with Crippen LogP contribution in [0.25, 0.3) is 0 Å². The molecule has 0 saturated carbocycles. The highest BCUT2D eigenvalue weighted by molar-refractivity contribution is 5.68. The first-order valence-corrected chi connectivity index (χ1v) is 9.96. The molecule has 138 valence electrons. The molecule has 1 heterocycles. The summed E-state index contributed by atoms with van der Waals surface area (Å²) in [6, 6.07) is 0. The molecule has 0 amide bonds. The van der Waals surface area contributed by atoms with Crippen LogP contribution in [-0.4, -0.2) is 25.3 Å². The van der Waals surface area contributed by atoms with Gasteiger partial charge in [0.2, 0.25) is 0 Å². The van der Waals surface area contributed by atoms with Crippen molar-refractivity contribution in [3.63, 3.8) is 0 Å². The molecule has 0 radical (unpaired) electrons. The lowest BCUT2D eigenvalue weighted by molar-refractivity contribution is -0.140. The molecule has 0 N–H and O–H groups in total. The van der Waals surface area contributed by atoms with E-state index in [4.69, 9.17) is 4.74 Å². The third kappa shape index (κ3) is 11.5. The molecule has 0 spiro atoms. The van der Waals surface area contributed by atoms with E-state index in [-0.39, 0.29) is 5.97 Å². The molecule has 0 aliphatic carbocycles. The fourth-order valence-electron chi connectivity index (χ4n) is 3.00. The van der Waals surface area contributed by atoms with Crippen LogP contribution in [0.5, 0.6) is 0 Å². The molecule has 0 unspecified atom stereocenters. The largest absolute Gasteiger partial charge is 0.469 e. The molecule has 0 aromatic heterocycles. The van der Waals surface area contributed by atoms with Gasteiger partial charge in [-0.2, -0.15) is 0 Å². The molecular weight excluding hydrogens is 300 g/mol. The minimum absolute atomic E-state index is 0.0837. The Morgan fingerprint density at radius 1 is 0.875 bits per heavy atom. The number of carbonyl (C=O) groups is 1. The Labute approximate surface area is 148 Å². The lowest BCUT2D eigenvalue weighted by Crippen LogP contribution is -1.99. The number of hydrogen-bond donors (Lipinski definition) is 0. The van der Waals surface area contributed by atoms with Crippen molar-refractivity contribution in [2.24, 2.45) is 0 Å². The Hall–Kier alpha value is -1.01. The summed E-state index contributed by atoms with van der Waals surface area (Å²) in [5, 5.41) is 0. The van der Waals surface area contributed by atoms with Crippen molar-refractivity contribution < 1.29 is 14.3 Å². The van der Waals surface area contributed by atoms with Crippen LogP contribution >= 0.6 is 0 Å². The lowest BCUT2D eigenvalue weighted by atomic mass is 10.1. The molecule has 2 atom stereocenters. The SMILES string of the molecule is CC[C@H]1O[C@H]1CCCCC#CCCCCCCCCCC(=O)OC. The van der Waals surface area contributed by atoms with E-state index >= 15 is 0 Å². The monoisotopic (exact) mass is 336 g/mol. The number of epoxide rings is 1. The second kappa shape index (κ2) is 14.3. The average Bonchev–Trinajstić information content (AvgIpc) is 3.36. The predicted octanol–water partition coefficient (Wildman–Crippen LogP) is 5.41. The van der Waals surface area contributed by atoms with E-state index < -0.39 is 0 Å². The van der Waals surface area contributed by atoms with Gasteiger partial charge in [0.05, 0.1) is 19.3 Å². The van der Waals surface area contributed by atoms with Crippen molar-refractivity contribution in [2.45, 2.75) is 109 Å². The van der Waals surface area contributed by atoms with Crippen LogP contribution < -0.4 is 0 Å². The standard InChI is InChI=1S/C21H36O3/c1-3-19-20(24-19)17-15-13-11-9-7-5-4-6-8-10-12-14-16-18-21(22)23-2/h19-20H,3-6,8,10-18H2,1-2H3/t19-,20+/m1/s1. The van der Waals surface area contributed by atoms with Gasteiger partial charge in [-0.1, -0.05) is 39.0 Å². The highest BCUT2D eigenvalue weighted by Gasteiger charge is 2.35. The Morgan fingerprint density at radius 2 is 1.46 bits per heavy atom. The summed E-state index contributed by atoms with van der Waals surface area (Å²) in [5.41, 5.74) is 0. The van der Waals surface area contributed by atoms with E-state index in [1.54, 1.807) is 0 Å². The predicted molar refractivity (Wildman–Crippen MR) is 98.8 cm³/mol. The number of methoxy groups -OCH3 is 1. The minimum atomic E-state index is -0.0837. The van der Waals surface area contributed by atoms with Gasteiger partial charge in [-0.15, -0.1) is 11.8 Å². The first-order chi connectivity index (χ1) is 11.8. The molecule has 1 aliphatic rings. The average molecular weight is 337 g/mol. The van der Waals surface area contributed by atoms with E-state index in [1.165, 1.54) is 58.5 Å². The molecule has 1 aliphatic heterocycles. The highest BCUT2D eigenvalue weighted by Crippen LogP contribution is 2.29. The van der Waals surface area contributed by atoms with Gasteiger partial charge in [0.15, 0.2) is 0 Å². The number of esters is 1. The summed E-state index contributed by atoms with van der Waals surface area (Å²) in [6.07, 6.45) is 17.0. The maximum Gasteiger partial charge on any atom is 0.305 e. The fourth-order valence-corrected chi connectivity index (χ4v) is 3.00. The van der Waals surface area contributed by atoms with Gasteiger partial charge in [-0.25, -0.2) is 0 Å². The zero-order valence-corrected chi connectivity index (χ0v) is 15.8. The van der Waals surface area contributed by atoms with Crippen LogP contribution in [0.1, 0.15) is 96.8 Å². The normalized spacial score (nSPS) is 18.8. The van der Waals surface area contributed by atoms with Crippen molar-refractivity contribution in [2.75, 3.05) is 7.11 Å². The number of ether oxygens (including phenoxy) is 2. The van der Waals surface area contributed by atoms with Gasteiger partial charge in [-0.05, 0) is 38.5 Å². The summed E-state index contributed by atoms with van der Waals surface area (Å²) in [6.45, 7) is 2.20. The van der Waals surface area contributed by atoms with Crippen LogP contribution in [0.3, 0.4) is 0 Å². The van der Waals surface area contributed by atoms with Gasteiger partial charge in [0.25, 0.3) is 0 Å². The van der Waals surface area contributed by atoms with E-state index in [9.17, 15) is 4.79 Å². The van der Waals surface area contributed by atoms with Crippen molar-refractivity contribution in [3.8, 4) is 11.8 Å². The van der Waals surface area contributed by atoms with E-state index in [2.05, 4.69) is 23.5 Å². The van der Waals surface area contributed by atoms with Crippen LogP contribution in [0, 0.1) is 11.8 Å². The molecule has 3 heteroatoms. The Balaban J connectivity index is 1.73. The van der Waals surface area contributed by atoms with E-state index in [0.717, 1.165) is 32.1 Å². The Morgan fingerprint density at radius 3 is 2.04 bits per heavy atom. The van der Waals surface area contributed by atoms with Gasteiger partial charge in [-0.3, -0.25) is 4.79 Å². The Kier molecular flexibility index (Phi) is 12.6. The molecule has 0 aromatic carbocycles. The summed E-state index contributed by atoms with van der Waals surface area (Å²) in [7, 11) is 1.45. The molecule has 1 fully saturated rings. The number of carbonyl (C=O) groups excluding carboxylic acids is 1. The summed E-state index contributed by atoms with van der Waals surface area (Å²) in [5.74, 6) is 6.53. The van der Waals surface area contributed by atoms with E-state index in [0.29, 0.717) is 18.6 Å². The number of rotatable bonds is 14. The molecule has 0 aromatic rings. The molecule has 0 bridgehead atoms. The molecule has 1 rings (SSSR count). The maximum atomic E-state index is 10.9. The van der Waals surface area contributed by atoms with Crippen molar-refractivity contribution in [1.82, 2.24) is 0 Å². The summed E-state index contributed by atoms with van der Waals surface area (Å²) >= 11 is 0. The first-order valence-electron chi connectivity index (χ1n) is 9.96. The smallest absolute Gasteiger partial charge is 0.305 e. The third-order valence-corrected chi connectivity index (χ3v) is 4.67. The van der Waals surface area contributed by atoms with Crippen molar-refractivity contribution in [1.29, 1.82) is 0 Å². The highest BCUT2D eigenvalue weighted by atomic mass is 16.6. The Bertz CT molecular complexity index is 380. The maximum absolute atomic E-state index is 10.9. The van der Waals surface area contributed by atoms with Gasteiger partial charge in [0.1, 0.15) is 0 Å². The molecule has 1 saturated heterocycles. The zero-order chi connectivity index (χ0) is 17.5. The van der Waals surface area contributed by atoms with Gasteiger partial charge >= 0.3 is 5.97 Å². The molecule has 24 heavy (non-hydrogen) atoms. The van der Waals surface area contributed by atoms with Crippen LogP contribution in [0.15, 0.2) is 0 Å². The van der Waals surface area contributed by atoms with Crippen LogP contribution in [-0.2, 0) is 14.3 Å². The zero-order valence-electron chi connectivity index (χ0n) is 15.8. The van der Waals surface area contributed by atoms with Crippen LogP contribution in [0.2, 0.25) is 0 Å². The van der Waals surface area contributed by atoms with Crippen molar-refractivity contribution in [3.05, 3.63) is 0 Å². The molecule has 3 nitrogen and oxygen atoms in total. The number of hydrogen-bond acceptors (Lipinski definition) is 3. The second-order valence-corrected chi connectivity index (χ2v) is 6.77. The van der Waals surface area contributed by atoms with Crippen LogP contribution in [0.4, 0.5) is 0 Å². The van der Waals surface area contributed by atoms with Gasteiger partial charge in [0, 0.05) is 19.3 Å². The topological polar surface area (TPSA) is 38.8 Å². The quantitative estimate of drug-likeness (QED) is 0.184. The minimum Gasteiger partial charge on any atom is -0.469 e. The lowest BCUT2D eigenvalue weighted by Gasteiger charge is -2.00. The third-order valence-electron chi connectivity index (χ3n) is 4.67. The molecular formula is C21H36O3. The summed E-state index contributed by atoms with van der Waals surface area (Å²) < 4.78 is 10.2. The number of unbranched alkanes of at least 4 members (excludes halogenated alkanes) is 9.